The number of amides is 1. The average molecular weight is 424 g/mol. The molecule has 6 nitrogen and oxygen atoms in total. The average Bonchev–Trinajstić information content (AvgIpc) is 3.47. The number of rotatable bonds is 5. The number of nitrogens with zero attached hydrogens (tertiary/aromatic N) is 2. The van der Waals surface area contributed by atoms with E-state index in [-0.39, 0.29) is 18.1 Å². The molecule has 1 N–H and O–H groups in total. The van der Waals surface area contributed by atoms with Crippen molar-refractivity contribution in [2.24, 2.45) is 5.92 Å². The van der Waals surface area contributed by atoms with Crippen LogP contribution in [-0.4, -0.2) is 53.4 Å². The molecule has 2 fully saturated rings. The van der Waals surface area contributed by atoms with Crippen LogP contribution < -0.4 is 0 Å². The maximum atomic E-state index is 13.3. The number of fused-ring (bicyclic) bond motifs is 1. The highest BCUT2D eigenvalue weighted by Crippen LogP contribution is 2.28. The van der Waals surface area contributed by atoms with Crippen molar-refractivity contribution in [2.75, 3.05) is 26.3 Å². The smallest absolute Gasteiger partial charge is 0.254 e. The van der Waals surface area contributed by atoms with Crippen LogP contribution in [0.25, 0.3) is 11.0 Å². The van der Waals surface area contributed by atoms with E-state index in [1.807, 2.05) is 53.4 Å². The number of thioether (sulfide) groups is 1. The molecule has 0 radical (unpaired) electrons. The highest BCUT2D eigenvalue weighted by atomic mass is 32.2. The van der Waals surface area contributed by atoms with Crippen LogP contribution in [0.1, 0.15) is 28.8 Å². The lowest BCUT2D eigenvalue weighted by Gasteiger charge is -2.35. The molecule has 0 bridgehead atoms. The molecule has 1 amide bonds. The number of aromatic amines is 1. The highest BCUT2D eigenvalue weighted by molar-refractivity contribution is 7.98. The molecular weight excluding hydrogens is 398 g/mol. The molecule has 7 heteroatoms. The van der Waals surface area contributed by atoms with E-state index in [1.165, 1.54) is 0 Å². The van der Waals surface area contributed by atoms with Crippen LogP contribution in [0.2, 0.25) is 0 Å². The largest absolute Gasteiger partial charge is 0.350 e. The molecule has 3 heterocycles. The van der Waals surface area contributed by atoms with Crippen LogP contribution >= 0.6 is 11.8 Å². The molecule has 1 aromatic heterocycles. The number of likely N-dealkylation sites (tertiary alicyclic amines) is 1. The summed E-state index contributed by atoms with van der Waals surface area (Å²) in [7, 11) is 0. The monoisotopic (exact) mass is 423 g/mol. The SMILES string of the molecule is O=C(c1ccccc1CSc1nc2ccccc2[nH]1)N1CCCC(C2OCCO2)C1. The molecule has 3 aromatic rings. The van der Waals surface area contributed by atoms with Gasteiger partial charge in [0, 0.05) is 30.3 Å². The summed E-state index contributed by atoms with van der Waals surface area (Å²) in [5.41, 5.74) is 3.79. The Labute approximate surface area is 180 Å². The first kappa shape index (κ1) is 19.6. The maximum absolute atomic E-state index is 13.3. The van der Waals surface area contributed by atoms with Crippen molar-refractivity contribution in [3.05, 3.63) is 59.7 Å². The van der Waals surface area contributed by atoms with Gasteiger partial charge in [0.2, 0.25) is 0 Å². The van der Waals surface area contributed by atoms with E-state index in [4.69, 9.17) is 9.47 Å². The summed E-state index contributed by atoms with van der Waals surface area (Å²) < 4.78 is 11.4. The molecule has 2 aliphatic heterocycles. The van der Waals surface area contributed by atoms with E-state index in [9.17, 15) is 4.79 Å². The lowest BCUT2D eigenvalue weighted by Crippen LogP contribution is -2.44. The van der Waals surface area contributed by atoms with E-state index in [2.05, 4.69) is 9.97 Å². The highest BCUT2D eigenvalue weighted by Gasteiger charge is 2.33. The standard InChI is InChI=1S/C23H25N3O3S/c27-21(26-11-5-7-16(14-26)22-28-12-13-29-22)18-8-2-1-6-17(18)15-30-23-24-19-9-3-4-10-20(19)25-23/h1-4,6,8-10,16,22H,5,7,11-15H2,(H,24,25). The number of H-pyrrole nitrogens is 1. The minimum absolute atomic E-state index is 0.0958. The lowest BCUT2D eigenvalue weighted by atomic mass is 9.96. The van der Waals surface area contributed by atoms with Gasteiger partial charge in [0.15, 0.2) is 11.4 Å². The Morgan fingerprint density at radius 1 is 1.13 bits per heavy atom. The maximum Gasteiger partial charge on any atom is 0.254 e. The Kier molecular flexibility index (Phi) is 5.75. The predicted octanol–water partition coefficient (Wildman–Crippen LogP) is 4.08. The third-order valence-electron chi connectivity index (χ3n) is 5.76. The van der Waals surface area contributed by atoms with Gasteiger partial charge in [-0.25, -0.2) is 4.98 Å². The fraction of sp³-hybridized carbons (Fsp3) is 0.391. The Hall–Kier alpha value is -2.35. The summed E-state index contributed by atoms with van der Waals surface area (Å²) in [6.07, 6.45) is 1.85. The van der Waals surface area contributed by atoms with Crippen LogP contribution in [-0.2, 0) is 15.2 Å². The topological polar surface area (TPSA) is 67.5 Å². The van der Waals surface area contributed by atoms with E-state index in [1.54, 1.807) is 11.8 Å². The molecule has 30 heavy (non-hydrogen) atoms. The Balaban J connectivity index is 1.29. The summed E-state index contributed by atoms with van der Waals surface area (Å²) >= 11 is 1.62. The van der Waals surface area contributed by atoms with Crippen molar-refractivity contribution in [2.45, 2.75) is 30.0 Å². The molecule has 5 rings (SSSR count). The van der Waals surface area contributed by atoms with Crippen molar-refractivity contribution >= 4 is 28.7 Å². The zero-order valence-corrected chi connectivity index (χ0v) is 17.6. The first-order valence-electron chi connectivity index (χ1n) is 10.5. The van der Waals surface area contributed by atoms with Gasteiger partial charge in [-0.15, -0.1) is 0 Å². The first-order valence-corrected chi connectivity index (χ1v) is 11.4. The number of hydrogen-bond donors (Lipinski definition) is 1. The second-order valence-corrected chi connectivity index (χ2v) is 8.73. The summed E-state index contributed by atoms with van der Waals surface area (Å²) in [4.78, 5) is 23.3. The van der Waals surface area contributed by atoms with Crippen molar-refractivity contribution in [3.8, 4) is 0 Å². The molecule has 0 saturated carbocycles. The van der Waals surface area contributed by atoms with Gasteiger partial charge in [-0.3, -0.25) is 4.79 Å². The van der Waals surface area contributed by atoms with Gasteiger partial charge in [-0.1, -0.05) is 42.1 Å². The molecule has 2 saturated heterocycles. The number of hydrogen-bond acceptors (Lipinski definition) is 5. The Morgan fingerprint density at radius 2 is 1.93 bits per heavy atom. The second kappa shape index (κ2) is 8.79. The predicted molar refractivity (Wildman–Crippen MR) is 116 cm³/mol. The number of aromatic nitrogens is 2. The van der Waals surface area contributed by atoms with Crippen molar-refractivity contribution < 1.29 is 14.3 Å². The summed E-state index contributed by atoms with van der Waals surface area (Å²) in [5, 5.41) is 0.868. The van der Waals surface area contributed by atoms with E-state index >= 15 is 0 Å². The summed E-state index contributed by atoms with van der Waals surface area (Å²) in [6, 6.07) is 15.9. The molecule has 1 unspecified atom stereocenters. The van der Waals surface area contributed by atoms with Crippen LogP contribution in [0, 0.1) is 5.92 Å². The van der Waals surface area contributed by atoms with Crippen LogP contribution in [0.3, 0.4) is 0 Å². The number of para-hydroxylation sites is 2. The molecule has 0 spiro atoms. The number of imidazole rings is 1. The number of nitrogens with one attached hydrogen (secondary N) is 1. The normalized spacial score (nSPS) is 20.1. The number of benzene rings is 2. The minimum atomic E-state index is -0.167. The van der Waals surface area contributed by atoms with Gasteiger partial charge in [0.25, 0.3) is 5.91 Å². The van der Waals surface area contributed by atoms with E-state index < -0.39 is 0 Å². The van der Waals surface area contributed by atoms with Crippen LogP contribution in [0.5, 0.6) is 0 Å². The van der Waals surface area contributed by atoms with Gasteiger partial charge in [0.1, 0.15) is 0 Å². The molecule has 0 aliphatic carbocycles. The second-order valence-electron chi connectivity index (χ2n) is 7.77. The molecule has 156 valence electrons. The third kappa shape index (κ3) is 4.10. The molecular formula is C23H25N3O3S. The quantitative estimate of drug-likeness (QED) is 0.627. The third-order valence-corrected chi connectivity index (χ3v) is 6.68. The minimum Gasteiger partial charge on any atom is -0.350 e. The summed E-state index contributed by atoms with van der Waals surface area (Å²) in [5.74, 6) is 1.04. The summed E-state index contributed by atoms with van der Waals surface area (Å²) in [6.45, 7) is 2.77. The Bertz CT molecular complexity index is 998. The van der Waals surface area contributed by atoms with Crippen molar-refractivity contribution in [1.29, 1.82) is 0 Å². The zero-order valence-electron chi connectivity index (χ0n) is 16.8. The number of piperidine rings is 1. The van der Waals surface area contributed by atoms with Gasteiger partial charge >= 0.3 is 0 Å². The number of carbonyl (C=O) groups excluding carboxylic acids is 1. The molecule has 2 aliphatic rings. The van der Waals surface area contributed by atoms with Gasteiger partial charge in [-0.05, 0) is 36.6 Å². The van der Waals surface area contributed by atoms with Crippen LogP contribution in [0.4, 0.5) is 0 Å². The first-order chi connectivity index (χ1) is 14.8. The van der Waals surface area contributed by atoms with E-state index in [0.717, 1.165) is 46.7 Å². The van der Waals surface area contributed by atoms with Gasteiger partial charge in [-0.2, -0.15) is 0 Å². The van der Waals surface area contributed by atoms with Crippen molar-refractivity contribution in [1.82, 2.24) is 14.9 Å². The number of carbonyl (C=O) groups is 1. The lowest BCUT2D eigenvalue weighted by molar-refractivity contribution is -0.0969. The fourth-order valence-electron chi connectivity index (χ4n) is 4.23. The van der Waals surface area contributed by atoms with Crippen LogP contribution in [0.15, 0.2) is 53.7 Å². The van der Waals surface area contributed by atoms with E-state index in [0.29, 0.717) is 25.5 Å². The van der Waals surface area contributed by atoms with Gasteiger partial charge in [0.05, 0.1) is 24.2 Å². The molecule has 2 aromatic carbocycles. The Morgan fingerprint density at radius 3 is 2.80 bits per heavy atom. The van der Waals surface area contributed by atoms with Crippen molar-refractivity contribution in [3.63, 3.8) is 0 Å². The zero-order chi connectivity index (χ0) is 20.3. The fourth-order valence-corrected chi connectivity index (χ4v) is 5.12. The van der Waals surface area contributed by atoms with Gasteiger partial charge < -0.3 is 19.4 Å². The number of ether oxygens (including phenoxy) is 2. The molecule has 1 atom stereocenters.